The molecule has 0 aromatic heterocycles. The average Bonchev–Trinajstić information content (AvgIpc) is 2.61. The molecule has 7 heteroatoms. The maximum Gasteiger partial charge on any atom is 0.338 e. The number of hydrogen-bond acceptors (Lipinski definition) is 4. The van der Waals surface area contributed by atoms with Crippen molar-refractivity contribution in [1.82, 2.24) is 5.32 Å². The third-order valence-corrected chi connectivity index (χ3v) is 3.21. The lowest BCUT2D eigenvalue weighted by Gasteiger charge is -2.08. The molecule has 0 spiro atoms. The number of amides is 2. The summed E-state index contributed by atoms with van der Waals surface area (Å²) in [6.45, 7) is 1.67. The van der Waals surface area contributed by atoms with E-state index in [0.717, 1.165) is 0 Å². The van der Waals surface area contributed by atoms with Crippen LogP contribution in [0.5, 0.6) is 0 Å². The first-order chi connectivity index (χ1) is 12.0. The summed E-state index contributed by atoms with van der Waals surface area (Å²) in [6.07, 6.45) is 0. The topological polar surface area (TPSA) is 84.5 Å². The van der Waals surface area contributed by atoms with E-state index >= 15 is 0 Å². The quantitative estimate of drug-likeness (QED) is 0.788. The van der Waals surface area contributed by atoms with Gasteiger partial charge in [0.05, 0.1) is 24.3 Å². The van der Waals surface area contributed by atoms with Crippen LogP contribution in [0.2, 0.25) is 0 Å². The third kappa shape index (κ3) is 5.13. The second kappa shape index (κ2) is 8.58. The van der Waals surface area contributed by atoms with E-state index in [4.69, 9.17) is 4.74 Å². The Kier molecular flexibility index (Phi) is 6.22. The van der Waals surface area contributed by atoms with Gasteiger partial charge in [0.15, 0.2) is 0 Å². The van der Waals surface area contributed by atoms with Crippen LogP contribution in [-0.4, -0.2) is 30.9 Å². The number of halogens is 1. The van der Waals surface area contributed by atoms with Crippen LogP contribution < -0.4 is 10.6 Å². The Hall–Kier alpha value is -3.22. The number of nitrogens with one attached hydrogen (secondary N) is 2. The average molecular weight is 344 g/mol. The number of carbonyl (C=O) groups is 3. The molecule has 0 aliphatic rings. The van der Waals surface area contributed by atoms with Crippen molar-refractivity contribution in [3.8, 4) is 0 Å². The van der Waals surface area contributed by atoms with Crippen LogP contribution in [0.1, 0.15) is 27.6 Å². The fourth-order valence-corrected chi connectivity index (χ4v) is 2.01. The van der Waals surface area contributed by atoms with Gasteiger partial charge in [-0.15, -0.1) is 0 Å². The van der Waals surface area contributed by atoms with Gasteiger partial charge in [-0.25, -0.2) is 9.18 Å². The molecule has 0 atom stereocenters. The van der Waals surface area contributed by atoms with E-state index in [-0.39, 0.29) is 18.7 Å². The molecule has 0 radical (unpaired) electrons. The molecule has 2 rings (SSSR count). The van der Waals surface area contributed by atoms with E-state index in [1.165, 1.54) is 36.4 Å². The Morgan fingerprint density at radius 2 is 1.72 bits per heavy atom. The molecule has 25 heavy (non-hydrogen) atoms. The zero-order chi connectivity index (χ0) is 18.2. The summed E-state index contributed by atoms with van der Waals surface area (Å²) < 4.78 is 18.3. The molecule has 0 fully saturated rings. The Labute approximate surface area is 144 Å². The maximum absolute atomic E-state index is 13.5. The number of hydrogen-bond donors (Lipinski definition) is 2. The molecule has 0 unspecified atom stereocenters. The molecule has 0 heterocycles. The molecule has 0 saturated carbocycles. The van der Waals surface area contributed by atoms with Gasteiger partial charge in [0.25, 0.3) is 5.91 Å². The van der Waals surface area contributed by atoms with Crippen molar-refractivity contribution in [3.05, 3.63) is 65.5 Å². The first-order valence-corrected chi connectivity index (χ1v) is 7.61. The van der Waals surface area contributed by atoms with Crippen LogP contribution >= 0.6 is 0 Å². The van der Waals surface area contributed by atoms with Gasteiger partial charge in [0, 0.05) is 5.69 Å². The van der Waals surface area contributed by atoms with E-state index < -0.39 is 23.6 Å². The molecule has 2 aromatic rings. The van der Waals surface area contributed by atoms with Gasteiger partial charge in [-0.1, -0.05) is 12.1 Å². The predicted molar refractivity (Wildman–Crippen MR) is 89.8 cm³/mol. The highest BCUT2D eigenvalue weighted by molar-refractivity contribution is 5.99. The fourth-order valence-electron chi connectivity index (χ4n) is 2.01. The SMILES string of the molecule is CCOC(=O)c1ccc(NC(=O)CNC(=O)c2ccccc2F)cc1. The van der Waals surface area contributed by atoms with Crippen molar-refractivity contribution in [2.45, 2.75) is 6.92 Å². The Morgan fingerprint density at radius 1 is 1.04 bits per heavy atom. The molecular formula is C18H17FN2O4. The monoisotopic (exact) mass is 344 g/mol. The normalized spacial score (nSPS) is 10.0. The van der Waals surface area contributed by atoms with Crippen LogP contribution in [0.3, 0.4) is 0 Å². The van der Waals surface area contributed by atoms with Crippen molar-refractivity contribution >= 4 is 23.5 Å². The van der Waals surface area contributed by atoms with Crippen LogP contribution in [0, 0.1) is 5.82 Å². The number of carbonyl (C=O) groups excluding carboxylic acids is 3. The number of esters is 1. The summed E-state index contributed by atoms with van der Waals surface area (Å²) in [4.78, 5) is 35.2. The number of anilines is 1. The van der Waals surface area contributed by atoms with Gasteiger partial charge < -0.3 is 15.4 Å². The molecular weight excluding hydrogens is 327 g/mol. The van der Waals surface area contributed by atoms with Crippen LogP contribution in [0.4, 0.5) is 10.1 Å². The lowest BCUT2D eigenvalue weighted by molar-refractivity contribution is -0.115. The van der Waals surface area contributed by atoms with E-state index in [9.17, 15) is 18.8 Å². The van der Waals surface area contributed by atoms with E-state index in [1.807, 2.05) is 0 Å². The van der Waals surface area contributed by atoms with Gasteiger partial charge >= 0.3 is 5.97 Å². The highest BCUT2D eigenvalue weighted by atomic mass is 19.1. The van der Waals surface area contributed by atoms with Crippen molar-refractivity contribution in [1.29, 1.82) is 0 Å². The lowest BCUT2D eigenvalue weighted by atomic mass is 10.2. The van der Waals surface area contributed by atoms with E-state index in [1.54, 1.807) is 19.1 Å². The fraction of sp³-hybridized carbons (Fsp3) is 0.167. The van der Waals surface area contributed by atoms with Gasteiger partial charge in [-0.2, -0.15) is 0 Å². The molecule has 0 bridgehead atoms. The molecule has 130 valence electrons. The van der Waals surface area contributed by atoms with Gasteiger partial charge in [0.2, 0.25) is 5.91 Å². The standard InChI is InChI=1S/C18H17FN2O4/c1-2-25-18(24)12-7-9-13(10-8-12)21-16(22)11-20-17(23)14-5-3-4-6-15(14)19/h3-10H,2,11H2,1H3,(H,20,23)(H,21,22). The first-order valence-electron chi connectivity index (χ1n) is 7.61. The molecule has 2 aromatic carbocycles. The van der Waals surface area contributed by atoms with Crippen LogP contribution in [0.25, 0.3) is 0 Å². The number of benzene rings is 2. The minimum atomic E-state index is -0.675. The summed E-state index contributed by atoms with van der Waals surface area (Å²) >= 11 is 0. The van der Waals surface area contributed by atoms with Crippen molar-refractivity contribution in [2.24, 2.45) is 0 Å². The molecule has 6 nitrogen and oxygen atoms in total. The zero-order valence-corrected chi connectivity index (χ0v) is 13.5. The Bertz CT molecular complexity index is 775. The second-order valence-electron chi connectivity index (χ2n) is 5.01. The minimum absolute atomic E-state index is 0.130. The molecule has 0 aliphatic heterocycles. The predicted octanol–water partition coefficient (Wildman–Crippen LogP) is 2.37. The maximum atomic E-state index is 13.5. The number of ether oxygens (including phenoxy) is 1. The molecule has 2 amide bonds. The highest BCUT2D eigenvalue weighted by Gasteiger charge is 2.12. The molecule has 0 aliphatic carbocycles. The summed E-state index contributed by atoms with van der Waals surface area (Å²) in [6, 6.07) is 11.6. The van der Waals surface area contributed by atoms with Crippen molar-refractivity contribution in [3.63, 3.8) is 0 Å². The number of rotatable bonds is 6. The van der Waals surface area contributed by atoms with Gasteiger partial charge in [0.1, 0.15) is 5.82 Å². The zero-order valence-electron chi connectivity index (χ0n) is 13.5. The smallest absolute Gasteiger partial charge is 0.338 e. The summed E-state index contributed by atoms with van der Waals surface area (Å²) in [5, 5.41) is 4.90. The van der Waals surface area contributed by atoms with Gasteiger partial charge in [-0.05, 0) is 43.3 Å². The highest BCUT2D eigenvalue weighted by Crippen LogP contribution is 2.10. The van der Waals surface area contributed by atoms with Crippen molar-refractivity contribution < 1.29 is 23.5 Å². The summed E-state index contributed by atoms with van der Waals surface area (Å²) in [5.74, 6) is -2.26. The van der Waals surface area contributed by atoms with Crippen molar-refractivity contribution in [2.75, 3.05) is 18.5 Å². The van der Waals surface area contributed by atoms with Crippen LogP contribution in [0.15, 0.2) is 48.5 Å². The minimum Gasteiger partial charge on any atom is -0.462 e. The van der Waals surface area contributed by atoms with E-state index in [2.05, 4.69) is 10.6 Å². The third-order valence-electron chi connectivity index (χ3n) is 3.21. The van der Waals surface area contributed by atoms with Gasteiger partial charge in [-0.3, -0.25) is 9.59 Å². The van der Waals surface area contributed by atoms with E-state index in [0.29, 0.717) is 11.3 Å². The molecule has 2 N–H and O–H groups in total. The second-order valence-corrected chi connectivity index (χ2v) is 5.01. The Morgan fingerprint density at radius 3 is 2.36 bits per heavy atom. The van der Waals surface area contributed by atoms with Crippen LogP contribution in [-0.2, 0) is 9.53 Å². The largest absolute Gasteiger partial charge is 0.462 e. The Balaban J connectivity index is 1.87. The first kappa shape index (κ1) is 18.1. The summed E-state index contributed by atoms with van der Waals surface area (Å²) in [7, 11) is 0. The molecule has 0 saturated heterocycles. The lowest BCUT2D eigenvalue weighted by Crippen LogP contribution is -2.33. The summed E-state index contributed by atoms with van der Waals surface area (Å²) in [5.41, 5.74) is 0.694.